The summed E-state index contributed by atoms with van der Waals surface area (Å²) in [7, 11) is 1.34. The minimum absolute atomic E-state index is 0.0570. The van der Waals surface area contributed by atoms with Crippen LogP contribution >= 0.6 is 11.6 Å². The van der Waals surface area contributed by atoms with Crippen LogP contribution in [0, 0.1) is 5.82 Å². The van der Waals surface area contributed by atoms with Crippen LogP contribution < -0.4 is 10.2 Å². The molecule has 4 aromatic rings. The van der Waals surface area contributed by atoms with Gasteiger partial charge in [0.05, 0.1) is 29.7 Å². The van der Waals surface area contributed by atoms with Crippen molar-refractivity contribution in [2.24, 2.45) is 0 Å². The monoisotopic (exact) mass is 557 g/mol. The third kappa shape index (κ3) is 4.97. The van der Waals surface area contributed by atoms with Gasteiger partial charge in [-0.25, -0.2) is 18.7 Å². The quantitative estimate of drug-likeness (QED) is 0.301. The maximum atomic E-state index is 15.5. The first-order valence-corrected chi connectivity index (χ1v) is 13.1. The van der Waals surface area contributed by atoms with Crippen LogP contribution in [0.25, 0.3) is 16.8 Å². The van der Waals surface area contributed by atoms with Gasteiger partial charge >= 0.3 is 5.97 Å². The van der Waals surface area contributed by atoms with Crippen molar-refractivity contribution < 1.29 is 28.0 Å². The predicted molar refractivity (Wildman–Crippen MR) is 138 cm³/mol. The molecule has 0 radical (unpaired) electrons. The number of carbonyl (C=O) groups excluding carboxylic acids is 2. The number of rotatable bonds is 3. The SMILES string of the molecule is COOC(=O)c1cc(Cl)cc(-c2cc3c(cc2F)CN(C)c2ccn4ncc(c4n2)C(=O)NCCS3=O)c1. The molecule has 0 saturated carbocycles. The van der Waals surface area contributed by atoms with Crippen LogP contribution in [0.5, 0.6) is 0 Å². The van der Waals surface area contributed by atoms with Crippen molar-refractivity contribution in [2.75, 3.05) is 31.4 Å². The summed E-state index contributed by atoms with van der Waals surface area (Å²) >= 11 is 6.20. The molecule has 2 aromatic carbocycles. The van der Waals surface area contributed by atoms with Gasteiger partial charge in [0, 0.05) is 47.6 Å². The fourth-order valence-electron chi connectivity index (χ4n) is 4.17. The van der Waals surface area contributed by atoms with Gasteiger partial charge in [-0.1, -0.05) is 11.6 Å². The fraction of sp³-hybridized carbons (Fsp3) is 0.200. The number of hydrogen-bond donors (Lipinski definition) is 1. The van der Waals surface area contributed by atoms with E-state index >= 15 is 4.39 Å². The van der Waals surface area contributed by atoms with Crippen molar-refractivity contribution in [3.05, 3.63) is 76.3 Å². The highest BCUT2D eigenvalue weighted by atomic mass is 35.5. The molecule has 1 aliphatic heterocycles. The molecule has 0 spiro atoms. The van der Waals surface area contributed by atoms with Crippen LogP contribution in [0.4, 0.5) is 10.2 Å². The zero-order valence-corrected chi connectivity index (χ0v) is 21.8. The lowest BCUT2D eigenvalue weighted by atomic mass is 10.0. The second kappa shape index (κ2) is 10.5. The van der Waals surface area contributed by atoms with Crippen LogP contribution in [-0.2, 0) is 27.1 Å². The molecule has 2 bridgehead atoms. The lowest BCUT2D eigenvalue weighted by Gasteiger charge is -2.21. The molecule has 2 aromatic heterocycles. The topological polar surface area (TPSA) is 115 Å². The van der Waals surface area contributed by atoms with E-state index in [2.05, 4.69) is 25.2 Å². The maximum Gasteiger partial charge on any atom is 0.373 e. The van der Waals surface area contributed by atoms with Gasteiger partial charge in [-0.2, -0.15) is 9.99 Å². The molecule has 1 unspecified atom stereocenters. The van der Waals surface area contributed by atoms with Gasteiger partial charge in [-0.3, -0.25) is 13.9 Å². The van der Waals surface area contributed by atoms with Gasteiger partial charge in [0.25, 0.3) is 5.91 Å². The first-order chi connectivity index (χ1) is 18.2. The Bertz CT molecular complexity index is 1610. The molecule has 13 heteroatoms. The second-order valence-electron chi connectivity index (χ2n) is 8.48. The molecule has 38 heavy (non-hydrogen) atoms. The van der Waals surface area contributed by atoms with Crippen LogP contribution in [0.3, 0.4) is 0 Å². The normalized spacial score (nSPS) is 15.8. The lowest BCUT2D eigenvalue weighted by molar-refractivity contribution is -0.216. The predicted octanol–water partition coefficient (Wildman–Crippen LogP) is 3.39. The van der Waals surface area contributed by atoms with Gasteiger partial charge in [-0.05, 0) is 47.5 Å². The Labute approximate surface area is 223 Å². The Morgan fingerprint density at radius 1 is 1.21 bits per heavy atom. The molecule has 1 N–H and O–H groups in total. The number of hydrogen-bond acceptors (Lipinski definition) is 8. The van der Waals surface area contributed by atoms with Gasteiger partial charge in [-0.15, -0.1) is 0 Å². The molecule has 0 fully saturated rings. The summed E-state index contributed by atoms with van der Waals surface area (Å²) < 4.78 is 30.5. The summed E-state index contributed by atoms with van der Waals surface area (Å²) in [6.45, 7) is 0.294. The van der Waals surface area contributed by atoms with Crippen LogP contribution in [0.1, 0.15) is 26.3 Å². The van der Waals surface area contributed by atoms with E-state index in [9.17, 15) is 13.8 Å². The number of nitrogens with one attached hydrogen (secondary N) is 1. The molecule has 0 saturated heterocycles. The first kappa shape index (κ1) is 25.8. The van der Waals surface area contributed by atoms with E-state index in [1.54, 1.807) is 24.2 Å². The Morgan fingerprint density at radius 3 is 2.82 bits per heavy atom. The Hall–Kier alpha value is -3.87. The molecule has 10 nitrogen and oxygen atoms in total. The minimum Gasteiger partial charge on any atom is -0.355 e. The van der Waals surface area contributed by atoms with E-state index in [1.165, 1.54) is 48.2 Å². The number of fused-ring (bicyclic) bond motifs is 2. The molecule has 1 amide bonds. The fourth-order valence-corrected chi connectivity index (χ4v) is 5.58. The average molecular weight is 558 g/mol. The number of nitrogens with zero attached hydrogens (tertiary/aromatic N) is 4. The number of amides is 1. The summed E-state index contributed by atoms with van der Waals surface area (Å²) in [6.07, 6.45) is 3.11. The minimum atomic E-state index is -1.61. The standard InChI is InChI=1S/C25H21ClFN5O5S/c1-31-13-16-10-20(27)18(14-7-15(9-17(26)8-14)25(34)37-36-2)11-21(16)38(35)6-4-28-24(33)19-12-29-32-5-3-22(31)30-23(19)32/h3,5,7-12H,4,6,13H2,1-2H3,(H,28,33). The van der Waals surface area contributed by atoms with E-state index in [0.29, 0.717) is 33.1 Å². The highest BCUT2D eigenvalue weighted by Gasteiger charge is 2.22. The van der Waals surface area contributed by atoms with Crippen LogP contribution in [0.2, 0.25) is 5.02 Å². The summed E-state index contributed by atoms with van der Waals surface area (Å²) in [5.74, 6) is -1.18. The van der Waals surface area contributed by atoms with Crippen molar-refractivity contribution in [1.82, 2.24) is 19.9 Å². The van der Waals surface area contributed by atoms with E-state index < -0.39 is 28.5 Å². The molecule has 1 atom stereocenters. The van der Waals surface area contributed by atoms with Crippen molar-refractivity contribution in [3.8, 4) is 11.1 Å². The van der Waals surface area contributed by atoms with Crippen LogP contribution in [-0.4, -0.2) is 57.1 Å². The molecule has 5 rings (SSSR count). The number of aromatic nitrogens is 3. The smallest absolute Gasteiger partial charge is 0.355 e. The molecular weight excluding hydrogens is 537 g/mol. The van der Waals surface area contributed by atoms with Gasteiger partial charge in [0.15, 0.2) is 5.65 Å². The second-order valence-corrected chi connectivity index (χ2v) is 10.5. The Kier molecular flexibility index (Phi) is 7.11. The number of carbonyl (C=O) groups is 2. The average Bonchev–Trinajstić information content (AvgIpc) is 3.31. The highest BCUT2D eigenvalue weighted by molar-refractivity contribution is 7.85. The lowest BCUT2D eigenvalue weighted by Crippen LogP contribution is -2.27. The maximum absolute atomic E-state index is 15.5. The largest absolute Gasteiger partial charge is 0.373 e. The van der Waals surface area contributed by atoms with E-state index in [-0.39, 0.29) is 35.0 Å². The van der Waals surface area contributed by atoms with Crippen molar-refractivity contribution in [1.29, 1.82) is 0 Å². The summed E-state index contributed by atoms with van der Waals surface area (Å²) in [4.78, 5) is 40.6. The van der Waals surface area contributed by atoms with Gasteiger partial charge < -0.3 is 10.2 Å². The summed E-state index contributed by atoms with van der Waals surface area (Å²) in [5, 5.41) is 7.09. The zero-order valence-electron chi connectivity index (χ0n) is 20.2. The van der Waals surface area contributed by atoms with Crippen molar-refractivity contribution in [3.63, 3.8) is 0 Å². The molecule has 196 valence electrons. The molecule has 0 aliphatic carbocycles. The van der Waals surface area contributed by atoms with E-state index in [0.717, 1.165) is 0 Å². The Balaban J connectivity index is 1.60. The Morgan fingerprint density at radius 2 is 2.03 bits per heavy atom. The summed E-state index contributed by atoms with van der Waals surface area (Å²) in [6, 6.07) is 8.79. The molecular formula is C25H21ClFN5O5S. The third-order valence-corrected chi connectivity index (χ3v) is 7.63. The highest BCUT2D eigenvalue weighted by Crippen LogP contribution is 2.32. The molecule has 3 heterocycles. The number of anilines is 1. The van der Waals surface area contributed by atoms with Crippen LogP contribution in [0.15, 0.2) is 53.7 Å². The van der Waals surface area contributed by atoms with Crippen molar-refractivity contribution >= 4 is 45.7 Å². The third-order valence-electron chi connectivity index (χ3n) is 5.97. The van der Waals surface area contributed by atoms with E-state index in [4.69, 9.17) is 11.6 Å². The molecule has 1 aliphatic rings. The first-order valence-electron chi connectivity index (χ1n) is 11.4. The number of halogens is 2. The zero-order chi connectivity index (χ0) is 27.0. The summed E-state index contributed by atoms with van der Waals surface area (Å²) in [5.41, 5.74) is 1.60. The van der Waals surface area contributed by atoms with E-state index in [1.807, 2.05) is 0 Å². The van der Waals surface area contributed by atoms with Gasteiger partial charge in [0.2, 0.25) is 0 Å². The number of benzene rings is 2. The van der Waals surface area contributed by atoms with Crippen molar-refractivity contribution in [2.45, 2.75) is 11.4 Å². The van der Waals surface area contributed by atoms with Gasteiger partial charge in [0.1, 0.15) is 17.2 Å².